The van der Waals surface area contributed by atoms with Crippen LogP contribution in [0.4, 0.5) is 17.1 Å². The third-order valence-electron chi connectivity index (χ3n) is 7.82. The van der Waals surface area contributed by atoms with E-state index in [0.717, 1.165) is 11.4 Å². The van der Waals surface area contributed by atoms with Crippen LogP contribution in [0.15, 0.2) is 158 Å². The van der Waals surface area contributed by atoms with E-state index < -0.39 is 0 Å². The lowest BCUT2D eigenvalue weighted by Crippen LogP contribution is -2.11. The molecule has 0 aromatic heterocycles. The molecule has 0 aliphatic rings. The fourth-order valence-electron chi connectivity index (χ4n) is 5.84. The number of para-hydroxylation sites is 2. The van der Waals surface area contributed by atoms with Crippen LogP contribution in [-0.4, -0.2) is 0 Å². The molecule has 0 saturated carbocycles. The number of fused-ring (bicyclic) bond motifs is 2. The highest BCUT2D eigenvalue weighted by molar-refractivity contribution is 6.17. The van der Waals surface area contributed by atoms with Gasteiger partial charge < -0.3 is 4.90 Å². The maximum atomic E-state index is 2.42. The van der Waals surface area contributed by atoms with E-state index in [1.165, 1.54) is 55.0 Å². The second-order valence-electron chi connectivity index (χ2n) is 10.2. The molecule has 0 radical (unpaired) electrons. The van der Waals surface area contributed by atoms with Crippen molar-refractivity contribution in [3.8, 4) is 22.3 Å². The Morgan fingerprint density at radius 3 is 1.27 bits per heavy atom. The van der Waals surface area contributed by atoms with E-state index in [-0.39, 0.29) is 0 Å². The van der Waals surface area contributed by atoms with Crippen LogP contribution in [-0.2, 0) is 0 Å². The molecule has 1 heteroatoms. The monoisotopic (exact) mass is 511 g/mol. The second-order valence-corrected chi connectivity index (χ2v) is 10.2. The molecule has 0 saturated heterocycles. The first-order valence-corrected chi connectivity index (χ1v) is 13.8. The Morgan fingerprint density at radius 1 is 0.350 bits per heavy atom. The van der Waals surface area contributed by atoms with Crippen LogP contribution < -0.4 is 4.90 Å². The van der Waals surface area contributed by atoms with Crippen molar-refractivity contribution in [3.05, 3.63) is 163 Å². The SMILES string of the molecule is Cc1c2cc(-c3ccccc3)ccc2c(N(c2ccccc2)c2ccccc2)c2cc(-c3ccccc3)ccc12. The van der Waals surface area contributed by atoms with E-state index in [1.807, 2.05) is 0 Å². The lowest BCUT2D eigenvalue weighted by atomic mass is 9.90. The smallest absolute Gasteiger partial charge is 0.0618 e. The van der Waals surface area contributed by atoms with Crippen LogP contribution in [0.25, 0.3) is 43.8 Å². The minimum absolute atomic E-state index is 1.14. The molecule has 0 fully saturated rings. The standard InChI is InChI=1S/C39H29N/c1-28-35-24-22-32(30-16-8-3-9-17-30)27-38(35)39(36-25-23-31(26-37(28)36)29-14-6-2-7-15-29)40(33-18-10-4-11-19-33)34-20-12-5-13-21-34/h2-27H,1H3. The van der Waals surface area contributed by atoms with Gasteiger partial charge in [-0.2, -0.15) is 0 Å². The first-order valence-electron chi connectivity index (χ1n) is 13.8. The molecule has 1 nitrogen and oxygen atoms in total. The molecule has 0 bridgehead atoms. The van der Waals surface area contributed by atoms with Gasteiger partial charge in [0.25, 0.3) is 0 Å². The van der Waals surface area contributed by atoms with Crippen LogP contribution in [0, 0.1) is 6.92 Å². The van der Waals surface area contributed by atoms with Crippen molar-refractivity contribution in [2.45, 2.75) is 6.92 Å². The summed E-state index contributed by atoms with van der Waals surface area (Å²) in [7, 11) is 0. The molecule has 0 amide bonds. The summed E-state index contributed by atoms with van der Waals surface area (Å²) < 4.78 is 0. The minimum atomic E-state index is 1.14. The maximum Gasteiger partial charge on any atom is 0.0618 e. The molecule has 0 aliphatic heterocycles. The zero-order valence-corrected chi connectivity index (χ0v) is 22.5. The van der Waals surface area contributed by atoms with E-state index in [2.05, 4.69) is 170 Å². The molecular formula is C39H29N. The Kier molecular flexibility index (Phi) is 6.11. The van der Waals surface area contributed by atoms with Gasteiger partial charge in [-0.1, -0.05) is 121 Å². The normalized spacial score (nSPS) is 11.1. The van der Waals surface area contributed by atoms with Crippen LogP contribution in [0.3, 0.4) is 0 Å². The summed E-state index contributed by atoms with van der Waals surface area (Å²) in [6.45, 7) is 2.26. The fourth-order valence-corrected chi connectivity index (χ4v) is 5.84. The topological polar surface area (TPSA) is 3.24 Å². The molecule has 7 aromatic carbocycles. The number of hydrogen-bond donors (Lipinski definition) is 0. The molecule has 0 spiro atoms. The van der Waals surface area contributed by atoms with Gasteiger partial charge in [0.15, 0.2) is 0 Å². The number of rotatable bonds is 5. The molecule has 7 aromatic rings. The first kappa shape index (κ1) is 23.9. The zero-order chi connectivity index (χ0) is 26.9. The van der Waals surface area contributed by atoms with Gasteiger partial charge in [-0.3, -0.25) is 0 Å². The van der Waals surface area contributed by atoms with Crippen molar-refractivity contribution in [1.82, 2.24) is 0 Å². The van der Waals surface area contributed by atoms with Gasteiger partial charge in [0.1, 0.15) is 0 Å². The number of benzene rings is 7. The highest BCUT2D eigenvalue weighted by Crippen LogP contribution is 2.46. The molecule has 0 atom stereocenters. The zero-order valence-electron chi connectivity index (χ0n) is 22.5. The van der Waals surface area contributed by atoms with Crippen molar-refractivity contribution in [2.24, 2.45) is 0 Å². The van der Waals surface area contributed by atoms with Gasteiger partial charge in [0, 0.05) is 22.1 Å². The Morgan fingerprint density at radius 2 is 0.775 bits per heavy atom. The molecule has 0 aliphatic carbocycles. The molecule has 0 unspecified atom stereocenters. The van der Waals surface area contributed by atoms with Crippen molar-refractivity contribution < 1.29 is 0 Å². The predicted molar refractivity (Wildman–Crippen MR) is 172 cm³/mol. The van der Waals surface area contributed by atoms with Gasteiger partial charge in [-0.05, 0) is 81.9 Å². The lowest BCUT2D eigenvalue weighted by Gasteiger charge is -2.29. The average molecular weight is 512 g/mol. The van der Waals surface area contributed by atoms with Crippen molar-refractivity contribution >= 4 is 38.6 Å². The Labute approximate surface area is 235 Å². The van der Waals surface area contributed by atoms with Gasteiger partial charge >= 0.3 is 0 Å². The summed E-state index contributed by atoms with van der Waals surface area (Å²) >= 11 is 0. The van der Waals surface area contributed by atoms with Gasteiger partial charge in [-0.15, -0.1) is 0 Å². The van der Waals surface area contributed by atoms with E-state index in [1.54, 1.807) is 0 Å². The van der Waals surface area contributed by atoms with Crippen LogP contribution in [0.2, 0.25) is 0 Å². The van der Waals surface area contributed by atoms with Crippen LogP contribution >= 0.6 is 0 Å². The lowest BCUT2D eigenvalue weighted by molar-refractivity contribution is 1.31. The van der Waals surface area contributed by atoms with Gasteiger partial charge in [0.05, 0.1) is 5.69 Å². The summed E-state index contributed by atoms with van der Waals surface area (Å²) in [5.74, 6) is 0. The molecular weight excluding hydrogens is 482 g/mol. The number of aryl methyl sites for hydroxylation is 1. The quantitative estimate of drug-likeness (QED) is 0.208. The van der Waals surface area contributed by atoms with Crippen LogP contribution in [0.5, 0.6) is 0 Å². The van der Waals surface area contributed by atoms with E-state index in [4.69, 9.17) is 0 Å². The summed E-state index contributed by atoms with van der Waals surface area (Å²) in [6.07, 6.45) is 0. The Bertz CT molecular complexity index is 1890. The van der Waals surface area contributed by atoms with Gasteiger partial charge in [0.2, 0.25) is 0 Å². The third kappa shape index (κ3) is 4.22. The molecule has 40 heavy (non-hydrogen) atoms. The molecule has 190 valence electrons. The second kappa shape index (κ2) is 10.2. The molecule has 0 N–H and O–H groups in total. The highest BCUT2D eigenvalue weighted by atomic mass is 15.1. The predicted octanol–water partition coefficient (Wildman–Crippen LogP) is 11.1. The Hall–Kier alpha value is -5.14. The maximum absolute atomic E-state index is 2.42. The highest BCUT2D eigenvalue weighted by Gasteiger charge is 2.21. The summed E-state index contributed by atoms with van der Waals surface area (Å²) in [6, 6.07) is 56.6. The summed E-state index contributed by atoms with van der Waals surface area (Å²) in [5, 5.41) is 5.02. The summed E-state index contributed by atoms with van der Waals surface area (Å²) in [4.78, 5) is 2.42. The van der Waals surface area contributed by atoms with E-state index in [0.29, 0.717) is 0 Å². The largest absolute Gasteiger partial charge is 0.309 e. The molecule has 7 rings (SSSR count). The van der Waals surface area contributed by atoms with E-state index >= 15 is 0 Å². The average Bonchev–Trinajstić information content (AvgIpc) is 3.04. The minimum Gasteiger partial charge on any atom is -0.309 e. The molecule has 0 heterocycles. The number of anilines is 3. The number of hydrogen-bond acceptors (Lipinski definition) is 1. The summed E-state index contributed by atoms with van der Waals surface area (Å²) in [5.41, 5.74) is 9.67. The van der Waals surface area contributed by atoms with Crippen LogP contribution in [0.1, 0.15) is 5.56 Å². The third-order valence-corrected chi connectivity index (χ3v) is 7.82. The first-order chi connectivity index (χ1) is 19.8. The van der Waals surface area contributed by atoms with Crippen molar-refractivity contribution in [2.75, 3.05) is 4.90 Å². The van der Waals surface area contributed by atoms with Crippen molar-refractivity contribution in [1.29, 1.82) is 0 Å². The fraction of sp³-hybridized carbons (Fsp3) is 0.0256. The Balaban J connectivity index is 1.60. The number of nitrogens with zero attached hydrogens (tertiary/aromatic N) is 1. The van der Waals surface area contributed by atoms with Crippen molar-refractivity contribution in [3.63, 3.8) is 0 Å². The van der Waals surface area contributed by atoms with Gasteiger partial charge in [-0.25, -0.2) is 0 Å². The van der Waals surface area contributed by atoms with E-state index in [9.17, 15) is 0 Å².